The molecule has 3 N–H and O–H groups in total. The van der Waals surface area contributed by atoms with Crippen molar-refractivity contribution >= 4 is 29.1 Å². The summed E-state index contributed by atoms with van der Waals surface area (Å²) in [5.74, 6) is -0.580. The van der Waals surface area contributed by atoms with Gasteiger partial charge in [-0.25, -0.2) is 4.98 Å². The zero-order chi connectivity index (χ0) is 16.1. The molecule has 0 aliphatic carbocycles. The Hall–Kier alpha value is -1.56. The fourth-order valence-electron chi connectivity index (χ4n) is 2.19. The maximum atomic E-state index is 10.9. The normalized spacial score (nSPS) is 12.3. The summed E-state index contributed by atoms with van der Waals surface area (Å²) in [5, 5.41) is 11.1. The van der Waals surface area contributed by atoms with Crippen LogP contribution >= 0.6 is 23.2 Å². The molecule has 0 fully saturated rings. The lowest BCUT2D eigenvalue weighted by atomic mass is 10.1. The minimum atomic E-state index is -0.580. The van der Waals surface area contributed by atoms with Gasteiger partial charge in [0.15, 0.2) is 0 Å². The third kappa shape index (κ3) is 4.47. The number of rotatable bonds is 7. The molecule has 2 aromatic rings. The molecule has 0 bridgehead atoms. The Morgan fingerprint density at radius 3 is 2.86 bits per heavy atom. The van der Waals surface area contributed by atoms with Gasteiger partial charge in [-0.3, -0.25) is 4.79 Å². The lowest BCUT2D eigenvalue weighted by molar-refractivity contribution is 0.0995. The average Bonchev–Trinajstić information content (AvgIpc) is 2.92. The Morgan fingerprint density at radius 1 is 1.41 bits per heavy atom. The summed E-state index contributed by atoms with van der Waals surface area (Å²) in [4.78, 5) is 14.8. The predicted molar refractivity (Wildman–Crippen MR) is 86.2 cm³/mol. The molecule has 0 spiro atoms. The lowest BCUT2D eigenvalue weighted by Gasteiger charge is -2.11. The van der Waals surface area contributed by atoms with Gasteiger partial charge in [-0.15, -0.1) is 0 Å². The highest BCUT2D eigenvalue weighted by Gasteiger charge is 2.10. The zero-order valence-electron chi connectivity index (χ0n) is 11.9. The number of aliphatic hydroxyl groups is 1. The minimum Gasteiger partial charge on any atom is -0.391 e. The van der Waals surface area contributed by atoms with Gasteiger partial charge in [0.05, 0.1) is 22.5 Å². The number of aliphatic hydroxyl groups excluding tert-OH is 1. The first kappa shape index (κ1) is 16.8. The van der Waals surface area contributed by atoms with Crippen molar-refractivity contribution in [1.82, 2.24) is 9.55 Å². The molecule has 1 amide bonds. The number of hydrogen-bond donors (Lipinski definition) is 2. The SMILES string of the molecule is NC(=O)c1cn(C[C@@H](O)CCCc2cccc(Cl)c2Cl)cn1. The van der Waals surface area contributed by atoms with E-state index in [1.165, 1.54) is 12.5 Å². The van der Waals surface area contributed by atoms with E-state index in [0.29, 0.717) is 23.0 Å². The van der Waals surface area contributed by atoms with Crippen LogP contribution in [0.25, 0.3) is 0 Å². The molecule has 0 aliphatic heterocycles. The van der Waals surface area contributed by atoms with Crippen molar-refractivity contribution in [3.05, 3.63) is 52.0 Å². The van der Waals surface area contributed by atoms with Gasteiger partial charge in [0.1, 0.15) is 5.69 Å². The highest BCUT2D eigenvalue weighted by molar-refractivity contribution is 6.42. The molecule has 0 saturated carbocycles. The van der Waals surface area contributed by atoms with E-state index in [1.54, 1.807) is 10.6 Å². The molecular formula is C15H17Cl2N3O2. The molecule has 1 aromatic carbocycles. The Kier molecular flexibility index (Phi) is 5.83. The van der Waals surface area contributed by atoms with E-state index in [-0.39, 0.29) is 5.69 Å². The van der Waals surface area contributed by atoms with Crippen molar-refractivity contribution < 1.29 is 9.90 Å². The molecule has 0 unspecified atom stereocenters. The van der Waals surface area contributed by atoms with E-state index in [9.17, 15) is 9.90 Å². The topological polar surface area (TPSA) is 81.1 Å². The van der Waals surface area contributed by atoms with Crippen LogP contribution in [0.5, 0.6) is 0 Å². The van der Waals surface area contributed by atoms with Gasteiger partial charge in [0.2, 0.25) is 0 Å². The molecule has 22 heavy (non-hydrogen) atoms. The first-order valence-electron chi connectivity index (χ1n) is 6.90. The fraction of sp³-hybridized carbons (Fsp3) is 0.333. The van der Waals surface area contributed by atoms with Gasteiger partial charge in [0.25, 0.3) is 5.91 Å². The zero-order valence-corrected chi connectivity index (χ0v) is 13.4. The number of imidazole rings is 1. The summed E-state index contributed by atoms with van der Waals surface area (Å²) in [6, 6.07) is 5.53. The van der Waals surface area contributed by atoms with Gasteiger partial charge >= 0.3 is 0 Å². The number of primary amides is 1. The molecule has 1 heterocycles. The van der Waals surface area contributed by atoms with Crippen molar-refractivity contribution in [2.45, 2.75) is 31.9 Å². The number of nitrogens with two attached hydrogens (primary N) is 1. The number of aromatic nitrogens is 2. The van der Waals surface area contributed by atoms with Crippen LogP contribution in [0.3, 0.4) is 0 Å². The first-order chi connectivity index (χ1) is 10.5. The minimum absolute atomic E-state index is 0.193. The smallest absolute Gasteiger partial charge is 0.268 e. The molecule has 0 aliphatic rings. The van der Waals surface area contributed by atoms with Crippen LogP contribution in [0.1, 0.15) is 28.9 Å². The molecule has 5 nitrogen and oxygen atoms in total. The number of carbonyl (C=O) groups excluding carboxylic acids is 1. The average molecular weight is 342 g/mol. The molecule has 1 atom stereocenters. The number of benzene rings is 1. The van der Waals surface area contributed by atoms with E-state index >= 15 is 0 Å². The summed E-state index contributed by atoms with van der Waals surface area (Å²) in [6.07, 6.45) is 4.60. The van der Waals surface area contributed by atoms with Crippen molar-refractivity contribution in [2.24, 2.45) is 5.73 Å². The number of halogens is 2. The lowest BCUT2D eigenvalue weighted by Crippen LogP contribution is -2.15. The second kappa shape index (κ2) is 7.63. The van der Waals surface area contributed by atoms with Crippen molar-refractivity contribution in [2.75, 3.05) is 0 Å². The molecule has 0 radical (unpaired) electrons. The summed E-state index contributed by atoms with van der Waals surface area (Å²) < 4.78 is 1.65. The second-order valence-electron chi connectivity index (χ2n) is 5.08. The number of nitrogens with zero attached hydrogens (tertiary/aromatic N) is 2. The van der Waals surface area contributed by atoms with Crippen LogP contribution < -0.4 is 5.73 Å². The molecule has 7 heteroatoms. The second-order valence-corrected chi connectivity index (χ2v) is 5.86. The van der Waals surface area contributed by atoms with Crippen LogP contribution in [0.4, 0.5) is 0 Å². The summed E-state index contributed by atoms with van der Waals surface area (Å²) in [5.41, 5.74) is 6.29. The Balaban J connectivity index is 1.81. The first-order valence-corrected chi connectivity index (χ1v) is 7.65. The maximum absolute atomic E-state index is 10.9. The van der Waals surface area contributed by atoms with Gasteiger partial charge in [0, 0.05) is 12.7 Å². The van der Waals surface area contributed by atoms with Crippen molar-refractivity contribution in [3.63, 3.8) is 0 Å². The highest BCUT2D eigenvalue weighted by atomic mass is 35.5. The van der Waals surface area contributed by atoms with E-state index in [0.717, 1.165) is 18.4 Å². The number of hydrogen-bond acceptors (Lipinski definition) is 3. The van der Waals surface area contributed by atoms with Crippen LogP contribution in [-0.2, 0) is 13.0 Å². The summed E-state index contributed by atoms with van der Waals surface area (Å²) in [6.45, 7) is 0.365. The van der Waals surface area contributed by atoms with E-state index in [2.05, 4.69) is 4.98 Å². The summed E-state index contributed by atoms with van der Waals surface area (Å²) in [7, 11) is 0. The van der Waals surface area contributed by atoms with Crippen LogP contribution in [0, 0.1) is 0 Å². The Morgan fingerprint density at radius 2 is 2.18 bits per heavy atom. The third-order valence-electron chi connectivity index (χ3n) is 3.32. The van der Waals surface area contributed by atoms with Crippen molar-refractivity contribution in [1.29, 1.82) is 0 Å². The van der Waals surface area contributed by atoms with Gasteiger partial charge in [-0.1, -0.05) is 35.3 Å². The quantitative estimate of drug-likeness (QED) is 0.812. The maximum Gasteiger partial charge on any atom is 0.268 e. The highest BCUT2D eigenvalue weighted by Crippen LogP contribution is 2.26. The standard InChI is InChI=1S/C15H17Cl2N3O2/c16-12-6-2-4-10(14(12)17)3-1-5-11(21)7-20-8-13(15(18)22)19-9-20/h2,4,6,8-9,11,21H,1,3,5,7H2,(H2,18,22)/t11-/m0/s1. The molecule has 1 aromatic heterocycles. The molecule has 0 saturated heterocycles. The number of carbonyl (C=O) groups is 1. The predicted octanol–water partition coefficient (Wildman–Crippen LogP) is 2.67. The van der Waals surface area contributed by atoms with Crippen LogP contribution in [0.15, 0.2) is 30.7 Å². The monoisotopic (exact) mass is 341 g/mol. The van der Waals surface area contributed by atoms with E-state index < -0.39 is 12.0 Å². The molecule has 2 rings (SSSR count). The fourth-order valence-corrected chi connectivity index (χ4v) is 2.61. The Bertz CT molecular complexity index is 658. The van der Waals surface area contributed by atoms with E-state index in [4.69, 9.17) is 28.9 Å². The van der Waals surface area contributed by atoms with E-state index in [1.807, 2.05) is 12.1 Å². The number of amides is 1. The van der Waals surface area contributed by atoms with Gasteiger partial charge in [-0.05, 0) is 30.9 Å². The number of aryl methyl sites for hydroxylation is 1. The van der Waals surface area contributed by atoms with Gasteiger partial charge in [-0.2, -0.15) is 0 Å². The summed E-state index contributed by atoms with van der Waals surface area (Å²) >= 11 is 12.1. The van der Waals surface area contributed by atoms with Crippen LogP contribution in [0.2, 0.25) is 10.0 Å². The third-order valence-corrected chi connectivity index (χ3v) is 4.18. The largest absolute Gasteiger partial charge is 0.391 e. The van der Waals surface area contributed by atoms with Gasteiger partial charge < -0.3 is 15.4 Å². The van der Waals surface area contributed by atoms with Crippen LogP contribution in [-0.4, -0.2) is 26.7 Å². The molecular weight excluding hydrogens is 325 g/mol. The van der Waals surface area contributed by atoms with Crippen molar-refractivity contribution in [3.8, 4) is 0 Å². The Labute approximate surface area is 138 Å². The molecule has 118 valence electrons.